The minimum absolute atomic E-state index is 0.0833. The van der Waals surface area contributed by atoms with E-state index >= 15 is 0 Å². The predicted octanol–water partition coefficient (Wildman–Crippen LogP) is 2.58. The summed E-state index contributed by atoms with van der Waals surface area (Å²) in [5, 5.41) is 0. The van der Waals surface area contributed by atoms with Crippen LogP contribution in [0.25, 0.3) is 0 Å². The highest BCUT2D eigenvalue weighted by Crippen LogP contribution is 2.30. The van der Waals surface area contributed by atoms with Gasteiger partial charge in [0.2, 0.25) is 15.9 Å². The Morgan fingerprint density at radius 2 is 1.73 bits per heavy atom. The van der Waals surface area contributed by atoms with E-state index in [2.05, 4.69) is 0 Å². The Morgan fingerprint density at radius 3 is 2.23 bits per heavy atom. The SMILES string of the molecule is CCN(CC)C(=O)C1CCN(S(=O)(=O)c2cc(C)c(OC)cc2C)CC1. The first-order valence-corrected chi connectivity index (χ1v) is 10.6. The van der Waals surface area contributed by atoms with Gasteiger partial charge in [0, 0.05) is 32.1 Å². The van der Waals surface area contributed by atoms with Crippen LogP contribution in [-0.2, 0) is 14.8 Å². The maximum Gasteiger partial charge on any atom is 0.243 e. The number of piperidine rings is 1. The van der Waals surface area contributed by atoms with Gasteiger partial charge in [0.05, 0.1) is 12.0 Å². The molecule has 0 spiro atoms. The van der Waals surface area contributed by atoms with E-state index in [1.165, 1.54) is 4.31 Å². The lowest BCUT2D eigenvalue weighted by Crippen LogP contribution is -2.44. The number of ether oxygens (including phenoxy) is 1. The third-order valence-corrected chi connectivity index (χ3v) is 7.23. The average molecular weight is 383 g/mol. The van der Waals surface area contributed by atoms with E-state index in [9.17, 15) is 13.2 Å². The van der Waals surface area contributed by atoms with Gasteiger partial charge >= 0.3 is 0 Å². The van der Waals surface area contributed by atoms with Crippen molar-refractivity contribution in [1.29, 1.82) is 0 Å². The fraction of sp³-hybridized carbons (Fsp3) is 0.632. The minimum atomic E-state index is -3.57. The van der Waals surface area contributed by atoms with Crippen molar-refractivity contribution in [3.05, 3.63) is 23.3 Å². The molecule has 0 aliphatic carbocycles. The molecule has 0 N–H and O–H groups in total. The van der Waals surface area contributed by atoms with Gasteiger partial charge in [-0.05, 0) is 63.8 Å². The van der Waals surface area contributed by atoms with Crippen LogP contribution in [0, 0.1) is 19.8 Å². The molecule has 26 heavy (non-hydrogen) atoms. The molecule has 1 aliphatic heterocycles. The Bertz CT molecular complexity index is 749. The Balaban J connectivity index is 2.16. The second-order valence-corrected chi connectivity index (χ2v) is 8.68. The Kier molecular flexibility index (Phi) is 6.69. The molecule has 1 amide bonds. The summed E-state index contributed by atoms with van der Waals surface area (Å²) in [7, 11) is -1.99. The van der Waals surface area contributed by atoms with Gasteiger partial charge in [-0.2, -0.15) is 4.31 Å². The highest BCUT2D eigenvalue weighted by Gasteiger charge is 2.34. The van der Waals surface area contributed by atoms with Gasteiger partial charge in [0.25, 0.3) is 0 Å². The number of rotatable bonds is 6. The number of benzene rings is 1. The van der Waals surface area contributed by atoms with E-state index in [1.807, 2.05) is 25.7 Å². The summed E-state index contributed by atoms with van der Waals surface area (Å²) in [5.74, 6) is 0.744. The van der Waals surface area contributed by atoms with Crippen LogP contribution in [0.5, 0.6) is 5.75 Å². The van der Waals surface area contributed by atoms with Crippen LogP contribution >= 0.6 is 0 Å². The molecule has 0 atom stereocenters. The summed E-state index contributed by atoms with van der Waals surface area (Å²) in [4.78, 5) is 14.6. The first-order valence-electron chi connectivity index (χ1n) is 9.20. The first-order chi connectivity index (χ1) is 12.3. The summed E-state index contributed by atoms with van der Waals surface area (Å²) in [6.07, 6.45) is 1.14. The second-order valence-electron chi connectivity index (χ2n) is 6.78. The van der Waals surface area contributed by atoms with Crippen molar-refractivity contribution in [3.8, 4) is 5.75 Å². The van der Waals surface area contributed by atoms with Gasteiger partial charge in [-0.3, -0.25) is 4.79 Å². The Hall–Kier alpha value is -1.60. The monoisotopic (exact) mass is 382 g/mol. The van der Waals surface area contributed by atoms with Crippen molar-refractivity contribution in [2.24, 2.45) is 5.92 Å². The minimum Gasteiger partial charge on any atom is -0.496 e. The molecular formula is C19H30N2O4S. The van der Waals surface area contributed by atoms with Crippen molar-refractivity contribution < 1.29 is 17.9 Å². The first kappa shape index (κ1) is 20.7. The van der Waals surface area contributed by atoms with E-state index in [0.29, 0.717) is 55.2 Å². The number of nitrogens with zero attached hydrogens (tertiary/aromatic N) is 2. The number of aryl methyl sites for hydroxylation is 2. The van der Waals surface area contributed by atoms with Gasteiger partial charge in [-0.25, -0.2) is 8.42 Å². The number of hydrogen-bond acceptors (Lipinski definition) is 4. The zero-order valence-corrected chi connectivity index (χ0v) is 17.2. The van der Waals surface area contributed by atoms with Crippen molar-refractivity contribution in [2.75, 3.05) is 33.3 Å². The van der Waals surface area contributed by atoms with Gasteiger partial charge < -0.3 is 9.64 Å². The van der Waals surface area contributed by atoms with Crippen LogP contribution in [-0.4, -0.2) is 56.8 Å². The molecule has 6 nitrogen and oxygen atoms in total. The third-order valence-electron chi connectivity index (χ3n) is 5.19. The third kappa shape index (κ3) is 4.04. The Labute approximate surface area is 157 Å². The molecule has 1 fully saturated rings. The summed E-state index contributed by atoms with van der Waals surface area (Å²) >= 11 is 0. The molecule has 146 valence electrons. The standard InChI is InChI=1S/C19H30N2O4S/c1-6-20(7-2)19(22)16-8-10-21(11-9-16)26(23,24)18-13-14(3)17(25-5)12-15(18)4/h12-13,16H,6-11H2,1-5H3. The Morgan fingerprint density at radius 1 is 1.15 bits per heavy atom. The van der Waals surface area contributed by atoms with Crippen LogP contribution in [0.1, 0.15) is 37.8 Å². The number of carbonyl (C=O) groups excluding carboxylic acids is 1. The van der Waals surface area contributed by atoms with Crippen LogP contribution in [0.15, 0.2) is 17.0 Å². The highest BCUT2D eigenvalue weighted by molar-refractivity contribution is 7.89. The highest BCUT2D eigenvalue weighted by atomic mass is 32.2. The van der Waals surface area contributed by atoms with Gasteiger partial charge in [-0.15, -0.1) is 0 Å². The average Bonchev–Trinajstić information content (AvgIpc) is 2.64. The summed E-state index contributed by atoms with van der Waals surface area (Å²) in [5.41, 5.74) is 1.47. The quantitative estimate of drug-likeness (QED) is 0.758. The molecule has 0 bridgehead atoms. The molecule has 1 saturated heterocycles. The fourth-order valence-electron chi connectivity index (χ4n) is 3.54. The van der Waals surface area contributed by atoms with Crippen molar-refractivity contribution in [3.63, 3.8) is 0 Å². The summed E-state index contributed by atoms with van der Waals surface area (Å²) in [6.45, 7) is 9.70. The van der Waals surface area contributed by atoms with Gasteiger partial charge in [0.1, 0.15) is 5.75 Å². The smallest absolute Gasteiger partial charge is 0.243 e. The molecular weight excluding hydrogens is 352 g/mol. The van der Waals surface area contributed by atoms with E-state index in [4.69, 9.17) is 4.74 Å². The van der Waals surface area contributed by atoms with Crippen molar-refractivity contribution in [1.82, 2.24) is 9.21 Å². The van der Waals surface area contributed by atoms with E-state index in [0.717, 1.165) is 5.56 Å². The van der Waals surface area contributed by atoms with Crippen molar-refractivity contribution >= 4 is 15.9 Å². The number of methoxy groups -OCH3 is 1. The molecule has 0 unspecified atom stereocenters. The predicted molar refractivity (Wildman–Crippen MR) is 102 cm³/mol. The molecule has 1 heterocycles. The van der Waals surface area contributed by atoms with E-state index in [1.54, 1.807) is 26.2 Å². The number of sulfonamides is 1. The molecule has 1 aromatic rings. The van der Waals surface area contributed by atoms with Gasteiger partial charge in [0.15, 0.2) is 0 Å². The summed E-state index contributed by atoms with van der Waals surface area (Å²) in [6, 6.07) is 3.44. The maximum absolute atomic E-state index is 13.1. The van der Waals surface area contributed by atoms with E-state index < -0.39 is 10.0 Å². The lowest BCUT2D eigenvalue weighted by Gasteiger charge is -2.33. The maximum atomic E-state index is 13.1. The van der Waals surface area contributed by atoms with Crippen molar-refractivity contribution in [2.45, 2.75) is 45.4 Å². The lowest BCUT2D eigenvalue weighted by molar-refractivity contribution is -0.136. The zero-order valence-electron chi connectivity index (χ0n) is 16.4. The van der Waals surface area contributed by atoms with Crippen LogP contribution in [0.2, 0.25) is 0 Å². The zero-order chi connectivity index (χ0) is 19.5. The fourth-order valence-corrected chi connectivity index (χ4v) is 5.30. The second kappa shape index (κ2) is 8.39. The van der Waals surface area contributed by atoms with Gasteiger partial charge in [-0.1, -0.05) is 0 Å². The molecule has 0 aromatic heterocycles. The topological polar surface area (TPSA) is 66.9 Å². The lowest BCUT2D eigenvalue weighted by atomic mass is 9.96. The normalized spacial score (nSPS) is 16.5. The molecule has 7 heteroatoms. The van der Waals surface area contributed by atoms with Crippen LogP contribution in [0.3, 0.4) is 0 Å². The van der Waals surface area contributed by atoms with Crippen LogP contribution in [0.4, 0.5) is 0 Å². The number of carbonyl (C=O) groups is 1. The molecule has 2 rings (SSSR count). The molecule has 0 radical (unpaired) electrons. The molecule has 1 aromatic carbocycles. The van der Waals surface area contributed by atoms with Crippen LogP contribution < -0.4 is 4.74 Å². The molecule has 1 aliphatic rings. The largest absolute Gasteiger partial charge is 0.496 e. The molecule has 0 saturated carbocycles. The van der Waals surface area contributed by atoms with E-state index in [-0.39, 0.29) is 11.8 Å². The number of amides is 1. The summed E-state index contributed by atoms with van der Waals surface area (Å²) < 4.78 is 32.9. The number of hydrogen-bond donors (Lipinski definition) is 0.